The smallest absolute Gasteiger partial charge is 0.211 e. The number of hydrogen-bond donors (Lipinski definition) is 0. The first kappa shape index (κ1) is 15.2. The molecule has 0 saturated carbocycles. The molecule has 1 aromatic heterocycles. The van der Waals surface area contributed by atoms with E-state index in [0.717, 1.165) is 11.1 Å². The van der Waals surface area contributed by atoms with E-state index in [0.29, 0.717) is 22.2 Å². The third-order valence-electron chi connectivity index (χ3n) is 4.12. The maximum atomic E-state index is 13.8. The number of pyridine rings is 1. The highest BCUT2D eigenvalue weighted by Gasteiger charge is 2.15. The van der Waals surface area contributed by atoms with E-state index >= 15 is 0 Å². The van der Waals surface area contributed by atoms with Crippen LogP contribution in [0.3, 0.4) is 0 Å². The molecule has 0 unspecified atom stereocenters. The summed E-state index contributed by atoms with van der Waals surface area (Å²) in [6, 6.07) is 24.8. The fourth-order valence-corrected chi connectivity index (χ4v) is 2.91. The molecule has 0 fully saturated rings. The van der Waals surface area contributed by atoms with E-state index in [4.69, 9.17) is 0 Å². The Morgan fingerprint density at radius 3 is 2.20 bits per heavy atom. The van der Waals surface area contributed by atoms with Crippen molar-refractivity contribution in [2.45, 2.75) is 0 Å². The summed E-state index contributed by atoms with van der Waals surface area (Å²) >= 11 is 0. The van der Waals surface area contributed by atoms with Crippen LogP contribution in [0.2, 0.25) is 0 Å². The number of nitrogens with zero attached hydrogens (tertiary/aromatic N) is 1. The van der Waals surface area contributed by atoms with Crippen molar-refractivity contribution >= 4 is 16.7 Å². The van der Waals surface area contributed by atoms with Gasteiger partial charge < -0.3 is 0 Å². The number of hydrogen-bond acceptors (Lipinski definition) is 2. The zero-order valence-electron chi connectivity index (χ0n) is 13.3. The van der Waals surface area contributed by atoms with Crippen molar-refractivity contribution in [1.29, 1.82) is 0 Å². The molecule has 0 amide bonds. The number of rotatable bonds is 3. The molecule has 3 heteroatoms. The topological polar surface area (TPSA) is 30.0 Å². The predicted octanol–water partition coefficient (Wildman–Crippen LogP) is 5.27. The first-order valence-corrected chi connectivity index (χ1v) is 7.98. The van der Waals surface area contributed by atoms with Crippen LogP contribution in [-0.2, 0) is 0 Å². The molecule has 0 radical (unpaired) electrons. The molecule has 0 atom stereocenters. The lowest BCUT2D eigenvalue weighted by molar-refractivity contribution is 0.103. The standard InChI is InChI=1S/C22H14FNO/c23-17-11-12-20-19(13-17)18(15-7-3-1-4-8-15)14-21(24-20)22(25)16-9-5-2-6-10-16/h1-14H. The molecule has 0 N–H and O–H groups in total. The molecule has 2 nitrogen and oxygen atoms in total. The Kier molecular flexibility index (Phi) is 3.82. The Morgan fingerprint density at radius 1 is 0.800 bits per heavy atom. The Bertz CT molecular complexity index is 1060. The number of aromatic nitrogens is 1. The Labute approximate surface area is 144 Å². The highest BCUT2D eigenvalue weighted by molar-refractivity contribution is 6.10. The van der Waals surface area contributed by atoms with Gasteiger partial charge in [-0.25, -0.2) is 9.37 Å². The summed E-state index contributed by atoms with van der Waals surface area (Å²) in [6.45, 7) is 0. The van der Waals surface area contributed by atoms with E-state index in [-0.39, 0.29) is 11.6 Å². The SMILES string of the molecule is O=C(c1ccccc1)c1cc(-c2ccccc2)c2cc(F)ccc2n1. The fraction of sp³-hybridized carbons (Fsp3) is 0. The van der Waals surface area contributed by atoms with Gasteiger partial charge >= 0.3 is 0 Å². The molecular formula is C22H14FNO. The van der Waals surface area contributed by atoms with Crippen molar-refractivity contribution < 1.29 is 9.18 Å². The Morgan fingerprint density at radius 2 is 1.48 bits per heavy atom. The third-order valence-corrected chi connectivity index (χ3v) is 4.12. The zero-order valence-corrected chi connectivity index (χ0v) is 13.3. The van der Waals surface area contributed by atoms with Gasteiger partial charge in [0.05, 0.1) is 5.52 Å². The van der Waals surface area contributed by atoms with Gasteiger partial charge in [-0.15, -0.1) is 0 Å². The van der Waals surface area contributed by atoms with Crippen LogP contribution in [0.15, 0.2) is 84.9 Å². The van der Waals surface area contributed by atoms with Gasteiger partial charge in [0.2, 0.25) is 5.78 Å². The molecule has 0 bridgehead atoms. The van der Waals surface area contributed by atoms with Crippen LogP contribution in [0.4, 0.5) is 4.39 Å². The predicted molar refractivity (Wildman–Crippen MR) is 97.0 cm³/mol. The van der Waals surface area contributed by atoms with Crippen LogP contribution in [0, 0.1) is 5.82 Å². The minimum atomic E-state index is -0.325. The molecular weight excluding hydrogens is 313 g/mol. The first-order chi connectivity index (χ1) is 12.2. The molecule has 120 valence electrons. The number of halogens is 1. The lowest BCUT2D eigenvalue weighted by Gasteiger charge is -2.10. The number of fused-ring (bicyclic) bond motifs is 1. The highest BCUT2D eigenvalue weighted by Crippen LogP contribution is 2.29. The van der Waals surface area contributed by atoms with Gasteiger partial charge in [-0.3, -0.25) is 4.79 Å². The summed E-state index contributed by atoms with van der Waals surface area (Å²) in [4.78, 5) is 17.3. The average molecular weight is 327 g/mol. The van der Waals surface area contributed by atoms with Crippen LogP contribution >= 0.6 is 0 Å². The van der Waals surface area contributed by atoms with Crippen molar-refractivity contribution in [3.63, 3.8) is 0 Å². The summed E-state index contributed by atoms with van der Waals surface area (Å²) in [5.41, 5.74) is 3.24. The van der Waals surface area contributed by atoms with E-state index in [1.165, 1.54) is 12.1 Å². The molecule has 0 saturated heterocycles. The molecule has 4 aromatic rings. The van der Waals surface area contributed by atoms with Gasteiger partial charge in [-0.1, -0.05) is 60.7 Å². The maximum absolute atomic E-state index is 13.8. The summed E-state index contributed by atoms with van der Waals surface area (Å²) in [6.07, 6.45) is 0. The van der Waals surface area contributed by atoms with Crippen LogP contribution in [0.5, 0.6) is 0 Å². The average Bonchev–Trinajstić information content (AvgIpc) is 2.68. The quantitative estimate of drug-likeness (QED) is 0.480. The largest absolute Gasteiger partial charge is 0.287 e. The van der Waals surface area contributed by atoms with Gasteiger partial charge in [-0.2, -0.15) is 0 Å². The van der Waals surface area contributed by atoms with Gasteiger partial charge in [0, 0.05) is 10.9 Å². The van der Waals surface area contributed by atoms with Crippen LogP contribution in [0.25, 0.3) is 22.0 Å². The summed E-state index contributed by atoms with van der Waals surface area (Å²) in [7, 11) is 0. The van der Waals surface area contributed by atoms with Gasteiger partial charge in [-0.05, 0) is 35.4 Å². The molecule has 0 aliphatic carbocycles. The minimum Gasteiger partial charge on any atom is -0.287 e. The van der Waals surface area contributed by atoms with Gasteiger partial charge in [0.15, 0.2) is 0 Å². The molecule has 25 heavy (non-hydrogen) atoms. The van der Waals surface area contributed by atoms with Crippen LogP contribution in [-0.4, -0.2) is 10.8 Å². The number of carbonyl (C=O) groups is 1. The number of carbonyl (C=O) groups excluding carboxylic acids is 1. The molecule has 3 aromatic carbocycles. The fourth-order valence-electron chi connectivity index (χ4n) is 2.91. The summed E-state index contributed by atoms with van der Waals surface area (Å²) in [5.74, 6) is -0.474. The normalized spacial score (nSPS) is 10.8. The Balaban J connectivity index is 1.96. The molecule has 0 aliphatic rings. The maximum Gasteiger partial charge on any atom is 0.211 e. The van der Waals surface area contributed by atoms with Crippen molar-refractivity contribution in [3.05, 3.63) is 102 Å². The first-order valence-electron chi connectivity index (χ1n) is 7.98. The monoisotopic (exact) mass is 327 g/mol. The van der Waals surface area contributed by atoms with E-state index in [1.54, 1.807) is 24.3 Å². The van der Waals surface area contributed by atoms with Crippen molar-refractivity contribution in [2.75, 3.05) is 0 Å². The lowest BCUT2D eigenvalue weighted by Crippen LogP contribution is -2.05. The summed E-state index contributed by atoms with van der Waals surface area (Å²) in [5, 5.41) is 0.691. The van der Waals surface area contributed by atoms with E-state index in [2.05, 4.69) is 4.98 Å². The lowest BCUT2D eigenvalue weighted by atomic mass is 9.98. The van der Waals surface area contributed by atoms with Crippen LogP contribution < -0.4 is 0 Å². The van der Waals surface area contributed by atoms with E-state index in [1.807, 2.05) is 48.5 Å². The van der Waals surface area contributed by atoms with Crippen molar-refractivity contribution in [3.8, 4) is 11.1 Å². The van der Waals surface area contributed by atoms with E-state index in [9.17, 15) is 9.18 Å². The second kappa shape index (κ2) is 6.29. The Hall–Kier alpha value is -3.33. The highest BCUT2D eigenvalue weighted by atomic mass is 19.1. The minimum absolute atomic E-state index is 0.149. The number of benzene rings is 3. The van der Waals surface area contributed by atoms with Crippen LogP contribution in [0.1, 0.15) is 16.1 Å². The van der Waals surface area contributed by atoms with Gasteiger partial charge in [0.1, 0.15) is 11.5 Å². The van der Waals surface area contributed by atoms with Crippen molar-refractivity contribution in [1.82, 2.24) is 4.98 Å². The van der Waals surface area contributed by atoms with Gasteiger partial charge in [0.25, 0.3) is 0 Å². The van der Waals surface area contributed by atoms with Crippen molar-refractivity contribution in [2.24, 2.45) is 0 Å². The summed E-state index contributed by atoms with van der Waals surface area (Å²) < 4.78 is 13.8. The zero-order chi connectivity index (χ0) is 17.2. The molecule has 0 spiro atoms. The molecule has 0 aliphatic heterocycles. The number of ketones is 1. The second-order valence-electron chi connectivity index (χ2n) is 5.78. The molecule has 1 heterocycles. The molecule has 4 rings (SSSR count). The second-order valence-corrected chi connectivity index (χ2v) is 5.78. The third kappa shape index (κ3) is 2.92. The van der Waals surface area contributed by atoms with E-state index < -0.39 is 0 Å².